The minimum absolute atomic E-state index is 0. The molecule has 0 aliphatic rings. The third kappa shape index (κ3) is 16.7. The summed E-state index contributed by atoms with van der Waals surface area (Å²) in [6.07, 6.45) is 0.203. The van der Waals surface area contributed by atoms with E-state index in [1.807, 2.05) is 27.7 Å². The molecule has 3 N–H and O–H groups in total. The van der Waals surface area contributed by atoms with E-state index in [-0.39, 0.29) is 27.8 Å². The maximum absolute atomic E-state index is 14.4. The largest absolute Gasteiger partial charge is 0.378 e. The molecule has 0 aromatic heterocycles. The van der Waals surface area contributed by atoms with Gasteiger partial charge in [0.15, 0.2) is 0 Å². The molecule has 29 heavy (non-hydrogen) atoms. The van der Waals surface area contributed by atoms with Crippen molar-refractivity contribution < 1.29 is 31.0 Å². The highest BCUT2D eigenvalue weighted by Gasteiger charge is 2.31. The lowest BCUT2D eigenvalue weighted by Crippen LogP contribution is -2.45. The Hall–Kier alpha value is -0.800. The zero-order valence-electron chi connectivity index (χ0n) is 19.4. The number of rotatable bonds is 18. The fraction of sp³-hybridized carbons (Fsp3) is 0.952. The van der Waals surface area contributed by atoms with Gasteiger partial charge in [-0.15, -0.1) is 0 Å². The van der Waals surface area contributed by atoms with Crippen LogP contribution in [0.1, 0.15) is 57.2 Å². The highest BCUT2D eigenvalue weighted by Crippen LogP contribution is 2.18. The van der Waals surface area contributed by atoms with Crippen molar-refractivity contribution in [1.82, 2.24) is 5.32 Å². The molecule has 0 spiro atoms. The van der Waals surface area contributed by atoms with Crippen molar-refractivity contribution >= 4 is 5.91 Å². The fourth-order valence-corrected chi connectivity index (χ4v) is 2.32. The van der Waals surface area contributed by atoms with E-state index >= 15 is 0 Å². The van der Waals surface area contributed by atoms with E-state index in [9.17, 15) is 9.18 Å². The Morgan fingerprint density at radius 2 is 1.41 bits per heavy atom. The average Bonchev–Trinajstić information content (AvgIpc) is 2.72. The van der Waals surface area contributed by atoms with Crippen LogP contribution in [0.3, 0.4) is 0 Å². The lowest BCUT2D eigenvalue weighted by atomic mass is 10.0. The summed E-state index contributed by atoms with van der Waals surface area (Å²) in [5.41, 5.74) is 4.30. The van der Waals surface area contributed by atoms with E-state index < -0.39 is 11.8 Å². The molecule has 0 aromatic rings. The molecule has 0 radical (unpaired) electrons. The first kappa shape index (κ1) is 30.4. The van der Waals surface area contributed by atoms with Crippen molar-refractivity contribution in [2.45, 2.75) is 66.2 Å². The smallest absolute Gasteiger partial charge is 0.223 e. The normalized spacial score (nSPS) is 12.4. The zero-order chi connectivity index (χ0) is 22.5. The molecular weight excluding hydrogens is 379 g/mol. The zero-order valence-corrected chi connectivity index (χ0v) is 19.4. The lowest BCUT2D eigenvalue weighted by Gasteiger charge is -2.29. The molecule has 0 fully saturated rings. The van der Waals surface area contributed by atoms with Crippen molar-refractivity contribution in [3.63, 3.8) is 0 Å². The van der Waals surface area contributed by atoms with Crippen molar-refractivity contribution in [3.8, 4) is 0 Å². The monoisotopic (exact) mass is 428 g/mol. The van der Waals surface area contributed by atoms with Crippen molar-refractivity contribution in [2.75, 3.05) is 59.3 Å². The third-order valence-corrected chi connectivity index (χ3v) is 4.27. The Balaban J connectivity index is -0.000000882. The molecule has 7 nitrogen and oxygen atoms in total. The second kappa shape index (κ2) is 20.5. The van der Waals surface area contributed by atoms with Gasteiger partial charge in [-0.1, -0.05) is 27.7 Å². The summed E-state index contributed by atoms with van der Waals surface area (Å²) in [5, 5.41) is 2.67. The summed E-state index contributed by atoms with van der Waals surface area (Å²) in [5.74, 6) is -0.167. The van der Waals surface area contributed by atoms with Crippen LogP contribution in [0, 0.1) is 5.92 Å². The molecule has 180 valence electrons. The van der Waals surface area contributed by atoms with Gasteiger partial charge in [0, 0.05) is 15.3 Å². The van der Waals surface area contributed by atoms with E-state index in [1.165, 1.54) is 0 Å². The number of carbonyl (C=O) groups excluding carboxylic acids is 1. The molecule has 0 heterocycles. The highest BCUT2D eigenvalue weighted by molar-refractivity contribution is 5.78. The number of hydrogen-bond acceptors (Lipinski definition) is 6. The van der Waals surface area contributed by atoms with Crippen molar-refractivity contribution in [3.05, 3.63) is 0 Å². The van der Waals surface area contributed by atoms with E-state index in [0.717, 1.165) is 12.8 Å². The van der Waals surface area contributed by atoms with Gasteiger partial charge in [0.1, 0.15) is 6.17 Å². The number of alkyl halides is 1. The molecule has 0 aromatic carbocycles. The molecule has 0 aliphatic heterocycles. The lowest BCUT2D eigenvalue weighted by molar-refractivity contribution is -0.127. The number of nitrogens with two attached hydrogens (primary N) is 1. The molecule has 0 saturated carbocycles. The van der Waals surface area contributed by atoms with Gasteiger partial charge >= 0.3 is 0 Å². The topological polar surface area (TPSA) is 92.0 Å². The van der Waals surface area contributed by atoms with Gasteiger partial charge in [-0.3, -0.25) is 4.79 Å². The molecule has 1 unspecified atom stereocenters. The van der Waals surface area contributed by atoms with Crippen molar-refractivity contribution in [2.24, 2.45) is 11.7 Å². The summed E-state index contributed by atoms with van der Waals surface area (Å²) < 4.78 is 35.9. The Labute approximate surface area is 180 Å². The molecule has 8 heteroatoms. The Bertz CT molecular complexity index is 380. The minimum atomic E-state index is -1.30. The van der Waals surface area contributed by atoms with Crippen LogP contribution in [0.4, 0.5) is 4.39 Å². The molecule has 1 amide bonds. The van der Waals surface area contributed by atoms with Crippen LogP contribution in [-0.2, 0) is 23.7 Å². The Kier molecular flexibility index (Phi) is 21.5. The number of carbonyl (C=O) groups is 1. The summed E-state index contributed by atoms with van der Waals surface area (Å²) in [6, 6.07) is 0. The van der Waals surface area contributed by atoms with Crippen LogP contribution in [0.15, 0.2) is 0 Å². The summed E-state index contributed by atoms with van der Waals surface area (Å²) in [4.78, 5) is 11.9. The van der Waals surface area contributed by atoms with Crippen LogP contribution in [0.5, 0.6) is 0 Å². The minimum Gasteiger partial charge on any atom is -0.378 e. The van der Waals surface area contributed by atoms with Gasteiger partial charge in [0.25, 0.3) is 0 Å². The Morgan fingerprint density at radius 3 is 1.86 bits per heavy atom. The number of hydrogen-bond donors (Lipinski definition) is 2. The van der Waals surface area contributed by atoms with Crippen LogP contribution in [0.2, 0.25) is 0 Å². The van der Waals surface area contributed by atoms with Crippen LogP contribution in [-0.4, -0.2) is 77.0 Å². The SMILES string of the molecule is CC.CCC(CC)C(=O)NCC(F)C(C)(C)OCCOCCOCCOCCN.[HH].[HH]. The first-order chi connectivity index (χ1) is 13.9. The van der Waals surface area contributed by atoms with E-state index in [0.29, 0.717) is 46.2 Å². The summed E-state index contributed by atoms with van der Waals surface area (Å²) in [7, 11) is 0. The van der Waals surface area contributed by atoms with Gasteiger partial charge < -0.3 is 30.0 Å². The van der Waals surface area contributed by atoms with Gasteiger partial charge in [-0.05, 0) is 26.7 Å². The quantitative estimate of drug-likeness (QED) is 0.326. The number of nitrogens with one attached hydrogen (secondary N) is 1. The van der Waals surface area contributed by atoms with Gasteiger partial charge in [0.2, 0.25) is 5.91 Å². The number of halogens is 1. The first-order valence-electron chi connectivity index (χ1n) is 10.9. The highest BCUT2D eigenvalue weighted by atomic mass is 19.1. The average molecular weight is 429 g/mol. The van der Waals surface area contributed by atoms with Crippen LogP contribution < -0.4 is 11.1 Å². The summed E-state index contributed by atoms with van der Waals surface area (Å²) in [6.45, 7) is 14.8. The standard InChI is InChI=1S/C19H39FN2O5.C2H6.2H2/c1-5-16(6-2)18(23)22-15-17(20)19(3,4)27-14-13-26-12-11-25-10-9-24-8-7-21;1-2;;/h16-17H,5-15,21H2,1-4H3,(H,22,23);1-2H3;2*1H. The summed E-state index contributed by atoms with van der Waals surface area (Å²) >= 11 is 0. The van der Waals surface area contributed by atoms with E-state index in [2.05, 4.69) is 5.32 Å². The predicted octanol–water partition coefficient (Wildman–Crippen LogP) is 3.20. The fourth-order valence-electron chi connectivity index (χ4n) is 2.32. The molecule has 0 saturated heterocycles. The third-order valence-electron chi connectivity index (χ3n) is 4.27. The number of amides is 1. The molecule has 1 atom stereocenters. The molecule has 0 bridgehead atoms. The maximum Gasteiger partial charge on any atom is 0.223 e. The van der Waals surface area contributed by atoms with Gasteiger partial charge in [0.05, 0.1) is 58.4 Å². The van der Waals surface area contributed by atoms with E-state index in [1.54, 1.807) is 13.8 Å². The van der Waals surface area contributed by atoms with E-state index in [4.69, 9.17) is 24.7 Å². The second-order valence-electron chi connectivity index (χ2n) is 6.80. The first-order valence-corrected chi connectivity index (χ1v) is 10.9. The Morgan fingerprint density at radius 1 is 0.966 bits per heavy atom. The maximum atomic E-state index is 14.4. The van der Waals surface area contributed by atoms with Gasteiger partial charge in [-0.2, -0.15) is 0 Å². The van der Waals surface area contributed by atoms with Crippen LogP contribution in [0.25, 0.3) is 0 Å². The predicted molar refractivity (Wildman–Crippen MR) is 119 cm³/mol. The number of ether oxygens (including phenoxy) is 4. The molecular formula is C21H49FN2O5. The molecule has 0 aliphatic carbocycles. The van der Waals surface area contributed by atoms with Gasteiger partial charge in [-0.25, -0.2) is 4.39 Å². The second-order valence-corrected chi connectivity index (χ2v) is 6.80. The van der Waals surface area contributed by atoms with Crippen LogP contribution >= 0.6 is 0 Å². The molecule has 0 rings (SSSR count). The van der Waals surface area contributed by atoms with Crippen molar-refractivity contribution in [1.29, 1.82) is 0 Å².